The van der Waals surface area contributed by atoms with E-state index in [-0.39, 0.29) is 24.9 Å². The number of nitrogens with one attached hydrogen (secondary N) is 1. The molecule has 53 heavy (non-hydrogen) atoms. The number of hydrogen-bond donors (Lipinski definition) is 3. The standard InChI is InChI=1S/C47H81NO5/c1-4-7-10-13-16-19-21-23-25-27-30-33-36-39-45(50)44(42-49)48-46(51)41-43(38-35-32-29-18-15-12-9-6-3)53-47(52)40-37-34-31-28-26-24-22-20-17-14-11-8-5-2/h8,11-12,14-15,17,20,22,24,26,28,31,43-45,49-50H,4-7,9-10,13,16,18-19,21,23,25,27,29-30,32-42H2,1-3H3,(H,48,51)/b11-8+,15-12-,17-14+,22-20-,26-24-,31-28+. The second-order valence-electron chi connectivity index (χ2n) is 14.5. The molecule has 3 N–H and O–H groups in total. The molecule has 3 atom stereocenters. The fraction of sp³-hybridized carbons (Fsp3) is 0.702. The summed E-state index contributed by atoms with van der Waals surface area (Å²) in [5.41, 5.74) is 0. The van der Waals surface area contributed by atoms with Crippen molar-refractivity contribution in [1.82, 2.24) is 5.32 Å². The molecule has 0 heterocycles. The molecule has 0 radical (unpaired) electrons. The third-order valence-corrected chi connectivity index (χ3v) is 9.38. The van der Waals surface area contributed by atoms with Gasteiger partial charge in [-0.05, 0) is 57.8 Å². The fourth-order valence-corrected chi connectivity index (χ4v) is 6.11. The smallest absolute Gasteiger partial charge is 0.306 e. The number of unbranched alkanes of at least 4 members (excludes halogenated alkanes) is 17. The van der Waals surface area contributed by atoms with Crippen LogP contribution in [0.2, 0.25) is 0 Å². The normalized spacial score (nSPS) is 14.1. The molecule has 0 bridgehead atoms. The molecule has 0 rings (SSSR count). The summed E-state index contributed by atoms with van der Waals surface area (Å²) in [6.45, 7) is 6.22. The lowest BCUT2D eigenvalue weighted by Gasteiger charge is -2.24. The molecule has 6 nitrogen and oxygen atoms in total. The summed E-state index contributed by atoms with van der Waals surface area (Å²) in [4.78, 5) is 25.8. The summed E-state index contributed by atoms with van der Waals surface area (Å²) in [5, 5.41) is 23.6. The molecule has 304 valence electrons. The highest BCUT2D eigenvalue weighted by Crippen LogP contribution is 2.16. The topological polar surface area (TPSA) is 95.9 Å². The fourth-order valence-electron chi connectivity index (χ4n) is 6.11. The van der Waals surface area contributed by atoms with E-state index in [1.807, 2.05) is 54.7 Å². The Bertz CT molecular complexity index is 1010. The van der Waals surface area contributed by atoms with Crippen molar-refractivity contribution in [2.24, 2.45) is 0 Å². The van der Waals surface area contributed by atoms with Crippen LogP contribution in [0, 0.1) is 0 Å². The van der Waals surface area contributed by atoms with E-state index < -0.39 is 18.2 Å². The van der Waals surface area contributed by atoms with E-state index in [1.165, 1.54) is 64.2 Å². The van der Waals surface area contributed by atoms with Gasteiger partial charge in [0.2, 0.25) is 5.91 Å². The van der Waals surface area contributed by atoms with Crippen molar-refractivity contribution in [3.8, 4) is 0 Å². The summed E-state index contributed by atoms with van der Waals surface area (Å²) in [6.07, 6.45) is 49.7. The highest BCUT2D eigenvalue weighted by atomic mass is 16.5. The van der Waals surface area contributed by atoms with Crippen molar-refractivity contribution in [1.29, 1.82) is 0 Å². The Morgan fingerprint density at radius 2 is 1.08 bits per heavy atom. The first-order valence-electron chi connectivity index (χ1n) is 21.7. The quantitative estimate of drug-likeness (QED) is 0.0255. The summed E-state index contributed by atoms with van der Waals surface area (Å²) in [7, 11) is 0. The average Bonchev–Trinajstić information content (AvgIpc) is 3.15. The molecular formula is C47H81NO5. The summed E-state index contributed by atoms with van der Waals surface area (Å²) < 4.78 is 5.82. The molecular weight excluding hydrogens is 659 g/mol. The molecule has 0 saturated heterocycles. The van der Waals surface area contributed by atoms with Crippen molar-refractivity contribution in [2.45, 2.75) is 206 Å². The predicted octanol–water partition coefficient (Wildman–Crippen LogP) is 12.3. The third kappa shape index (κ3) is 36.1. The first-order chi connectivity index (χ1) is 26.0. The second kappa shape index (κ2) is 40.5. The van der Waals surface area contributed by atoms with E-state index in [0.717, 1.165) is 70.6 Å². The Kier molecular flexibility index (Phi) is 38.4. The van der Waals surface area contributed by atoms with Crippen molar-refractivity contribution < 1.29 is 24.5 Å². The van der Waals surface area contributed by atoms with Crippen LogP contribution in [0.4, 0.5) is 0 Å². The molecule has 3 unspecified atom stereocenters. The van der Waals surface area contributed by atoms with Crippen LogP contribution in [0.1, 0.15) is 188 Å². The minimum Gasteiger partial charge on any atom is -0.462 e. The summed E-state index contributed by atoms with van der Waals surface area (Å²) in [5.74, 6) is -0.590. The average molecular weight is 740 g/mol. The van der Waals surface area contributed by atoms with Gasteiger partial charge in [0, 0.05) is 6.42 Å². The highest BCUT2D eigenvalue weighted by molar-refractivity contribution is 5.77. The number of rotatable bonds is 37. The number of carbonyl (C=O) groups is 2. The zero-order valence-corrected chi connectivity index (χ0v) is 34.4. The maximum atomic E-state index is 13.1. The van der Waals surface area contributed by atoms with Crippen molar-refractivity contribution >= 4 is 11.9 Å². The van der Waals surface area contributed by atoms with E-state index in [1.54, 1.807) is 0 Å². The Balaban J connectivity index is 4.63. The number of ether oxygens (including phenoxy) is 1. The minimum absolute atomic E-state index is 0.0341. The number of aliphatic hydroxyl groups excluding tert-OH is 2. The molecule has 0 spiro atoms. The largest absolute Gasteiger partial charge is 0.462 e. The van der Waals surface area contributed by atoms with Crippen LogP contribution in [0.15, 0.2) is 72.9 Å². The third-order valence-electron chi connectivity index (χ3n) is 9.38. The Morgan fingerprint density at radius 1 is 0.566 bits per heavy atom. The van der Waals surface area contributed by atoms with Crippen LogP contribution in [0.3, 0.4) is 0 Å². The maximum absolute atomic E-state index is 13.1. The van der Waals surface area contributed by atoms with Crippen LogP contribution in [-0.2, 0) is 14.3 Å². The number of aliphatic hydroxyl groups is 2. The van der Waals surface area contributed by atoms with Crippen molar-refractivity contribution in [3.05, 3.63) is 72.9 Å². The first-order valence-corrected chi connectivity index (χ1v) is 21.7. The van der Waals surface area contributed by atoms with Crippen LogP contribution in [0.5, 0.6) is 0 Å². The summed E-state index contributed by atoms with van der Waals surface area (Å²) in [6, 6.07) is -0.721. The van der Waals surface area contributed by atoms with Gasteiger partial charge in [0.15, 0.2) is 0 Å². The molecule has 0 aliphatic rings. The molecule has 0 aliphatic carbocycles. The molecule has 0 fully saturated rings. The van der Waals surface area contributed by atoms with Crippen LogP contribution in [-0.4, -0.2) is 46.9 Å². The highest BCUT2D eigenvalue weighted by Gasteiger charge is 2.24. The van der Waals surface area contributed by atoms with Crippen molar-refractivity contribution in [2.75, 3.05) is 6.61 Å². The minimum atomic E-state index is -0.804. The Hall–Kier alpha value is -2.70. The van der Waals surface area contributed by atoms with Gasteiger partial charge >= 0.3 is 5.97 Å². The number of hydrogen-bond acceptors (Lipinski definition) is 5. The monoisotopic (exact) mass is 740 g/mol. The van der Waals surface area contributed by atoms with Crippen LogP contribution < -0.4 is 5.32 Å². The van der Waals surface area contributed by atoms with E-state index in [4.69, 9.17) is 4.74 Å². The maximum Gasteiger partial charge on any atom is 0.306 e. The van der Waals surface area contributed by atoms with Gasteiger partial charge in [-0.3, -0.25) is 9.59 Å². The van der Waals surface area contributed by atoms with Gasteiger partial charge in [-0.15, -0.1) is 0 Å². The predicted molar refractivity (Wildman–Crippen MR) is 227 cm³/mol. The molecule has 6 heteroatoms. The van der Waals surface area contributed by atoms with Gasteiger partial charge in [-0.25, -0.2) is 0 Å². The SMILES string of the molecule is CC/C=C/C=C/C=C\C=C/C=C/CCCC(=O)OC(CCCCC/C=C\CCC)CC(=O)NC(CO)C(O)CCCCCCCCCCCCCCC. The van der Waals surface area contributed by atoms with E-state index in [2.05, 4.69) is 44.3 Å². The number of amides is 1. The lowest BCUT2D eigenvalue weighted by Crippen LogP contribution is -2.46. The number of esters is 1. The van der Waals surface area contributed by atoms with E-state index in [0.29, 0.717) is 25.7 Å². The van der Waals surface area contributed by atoms with Gasteiger partial charge in [0.1, 0.15) is 6.10 Å². The van der Waals surface area contributed by atoms with E-state index in [9.17, 15) is 19.8 Å². The van der Waals surface area contributed by atoms with Crippen molar-refractivity contribution in [3.63, 3.8) is 0 Å². The lowest BCUT2D eigenvalue weighted by molar-refractivity contribution is -0.151. The van der Waals surface area contributed by atoms with Crippen LogP contribution in [0.25, 0.3) is 0 Å². The molecule has 0 aromatic heterocycles. The molecule has 0 aromatic rings. The lowest BCUT2D eigenvalue weighted by atomic mass is 10.0. The molecule has 0 aromatic carbocycles. The molecule has 0 aliphatic heterocycles. The Labute approximate surface area is 326 Å². The van der Waals surface area contributed by atoms with Gasteiger partial charge in [-0.2, -0.15) is 0 Å². The van der Waals surface area contributed by atoms with Gasteiger partial charge in [0.05, 0.1) is 25.2 Å². The first kappa shape index (κ1) is 50.3. The number of allylic oxidation sites excluding steroid dienone is 12. The zero-order valence-electron chi connectivity index (χ0n) is 34.4. The van der Waals surface area contributed by atoms with Gasteiger partial charge in [-0.1, -0.05) is 190 Å². The number of carbonyl (C=O) groups excluding carboxylic acids is 2. The second-order valence-corrected chi connectivity index (χ2v) is 14.5. The summed E-state index contributed by atoms with van der Waals surface area (Å²) >= 11 is 0. The van der Waals surface area contributed by atoms with Crippen LogP contribution >= 0.6 is 0 Å². The Morgan fingerprint density at radius 3 is 1.66 bits per heavy atom. The van der Waals surface area contributed by atoms with Gasteiger partial charge < -0.3 is 20.3 Å². The van der Waals surface area contributed by atoms with E-state index >= 15 is 0 Å². The molecule has 1 amide bonds. The molecule has 0 saturated carbocycles. The van der Waals surface area contributed by atoms with Gasteiger partial charge in [0.25, 0.3) is 0 Å². The zero-order chi connectivity index (χ0) is 38.9.